The van der Waals surface area contributed by atoms with Gasteiger partial charge in [0.2, 0.25) is 0 Å². The predicted molar refractivity (Wildman–Crippen MR) is 48.4 cm³/mol. The van der Waals surface area contributed by atoms with Crippen molar-refractivity contribution in [3.05, 3.63) is 23.0 Å². The highest BCUT2D eigenvalue weighted by molar-refractivity contribution is 5.32. The molecule has 0 saturated carbocycles. The maximum atomic E-state index is 5.43. The average molecular weight is 165 g/mol. The molecule has 1 aliphatic heterocycles. The van der Waals surface area contributed by atoms with E-state index in [0.717, 1.165) is 26.1 Å². The van der Waals surface area contributed by atoms with E-state index in [0.29, 0.717) is 0 Å². The lowest BCUT2D eigenvalue weighted by atomic mass is 10.1. The predicted octanol–water partition coefficient (Wildman–Crippen LogP) is 1.45. The number of ether oxygens (including phenoxy) is 1. The lowest BCUT2D eigenvalue weighted by Crippen LogP contribution is -1.99. The Labute approximate surface area is 73.1 Å². The van der Waals surface area contributed by atoms with Crippen LogP contribution in [0, 0.1) is 6.92 Å². The van der Waals surface area contributed by atoms with E-state index < -0.39 is 0 Å². The topological polar surface area (TPSA) is 14.2 Å². The molecule has 0 saturated heterocycles. The summed E-state index contributed by atoms with van der Waals surface area (Å²) in [5.41, 5.74) is 4.39. The van der Waals surface area contributed by atoms with E-state index in [2.05, 4.69) is 24.7 Å². The van der Waals surface area contributed by atoms with Crippen molar-refractivity contribution in [2.45, 2.75) is 19.8 Å². The highest BCUT2D eigenvalue weighted by Crippen LogP contribution is 2.19. The summed E-state index contributed by atoms with van der Waals surface area (Å²) in [6, 6.07) is 0. The quantitative estimate of drug-likeness (QED) is 0.567. The molecular weight excluding hydrogens is 150 g/mol. The van der Waals surface area contributed by atoms with Crippen molar-refractivity contribution >= 4 is 0 Å². The minimum Gasteiger partial charge on any atom is -0.381 e. The molecule has 0 amide bonds. The molecule has 2 nitrogen and oxygen atoms in total. The van der Waals surface area contributed by atoms with Gasteiger partial charge < -0.3 is 9.30 Å². The summed E-state index contributed by atoms with van der Waals surface area (Å²) in [5, 5.41) is 0. The zero-order valence-electron chi connectivity index (χ0n) is 7.76. The van der Waals surface area contributed by atoms with Crippen molar-refractivity contribution in [3.63, 3.8) is 0 Å². The van der Waals surface area contributed by atoms with E-state index in [-0.39, 0.29) is 0 Å². The van der Waals surface area contributed by atoms with Crippen LogP contribution in [0.3, 0.4) is 0 Å². The van der Waals surface area contributed by atoms with Crippen LogP contribution in [0.25, 0.3) is 0 Å². The van der Waals surface area contributed by atoms with E-state index in [4.69, 9.17) is 4.74 Å². The standard InChI is InChI=1S/C10H15NO/c1-8-7-11(2)10-4-6-12-5-3-9(8)10/h7H,3-6H2,1-2H3. The monoisotopic (exact) mass is 165 g/mol. The number of fused-ring (bicyclic) bond motifs is 1. The summed E-state index contributed by atoms with van der Waals surface area (Å²) >= 11 is 0. The molecule has 2 rings (SSSR count). The van der Waals surface area contributed by atoms with E-state index in [1.165, 1.54) is 16.8 Å². The van der Waals surface area contributed by atoms with Gasteiger partial charge in [0.25, 0.3) is 0 Å². The zero-order chi connectivity index (χ0) is 8.55. The zero-order valence-corrected chi connectivity index (χ0v) is 7.76. The van der Waals surface area contributed by atoms with Gasteiger partial charge in [0.05, 0.1) is 13.2 Å². The Morgan fingerprint density at radius 2 is 2.08 bits per heavy atom. The second kappa shape index (κ2) is 2.94. The Kier molecular flexibility index (Phi) is 1.93. The Morgan fingerprint density at radius 1 is 1.33 bits per heavy atom. The molecule has 0 unspecified atom stereocenters. The highest BCUT2D eigenvalue weighted by atomic mass is 16.5. The molecule has 0 N–H and O–H groups in total. The fourth-order valence-electron chi connectivity index (χ4n) is 2.00. The van der Waals surface area contributed by atoms with Crippen molar-refractivity contribution in [1.82, 2.24) is 4.57 Å². The summed E-state index contributed by atoms with van der Waals surface area (Å²) < 4.78 is 7.67. The third-order valence-electron chi connectivity index (χ3n) is 2.62. The van der Waals surface area contributed by atoms with Gasteiger partial charge in [-0.25, -0.2) is 0 Å². The van der Waals surface area contributed by atoms with E-state index in [9.17, 15) is 0 Å². The molecule has 0 radical (unpaired) electrons. The molecule has 2 heteroatoms. The number of hydrogen-bond donors (Lipinski definition) is 0. The molecule has 2 heterocycles. The number of rotatable bonds is 0. The molecule has 1 aliphatic rings. The maximum Gasteiger partial charge on any atom is 0.0521 e. The van der Waals surface area contributed by atoms with Crippen LogP contribution in [-0.4, -0.2) is 17.8 Å². The van der Waals surface area contributed by atoms with Crippen molar-refractivity contribution in [3.8, 4) is 0 Å². The minimum absolute atomic E-state index is 0.879. The van der Waals surface area contributed by atoms with E-state index >= 15 is 0 Å². The molecule has 0 aliphatic carbocycles. The van der Waals surface area contributed by atoms with Crippen molar-refractivity contribution < 1.29 is 4.74 Å². The summed E-state index contributed by atoms with van der Waals surface area (Å²) in [6.07, 6.45) is 4.37. The number of nitrogens with zero attached hydrogens (tertiary/aromatic N) is 1. The van der Waals surface area contributed by atoms with Crippen LogP contribution >= 0.6 is 0 Å². The third kappa shape index (κ3) is 1.16. The molecule has 12 heavy (non-hydrogen) atoms. The summed E-state index contributed by atoms with van der Waals surface area (Å²) in [4.78, 5) is 0. The molecule has 0 spiro atoms. The molecule has 0 fully saturated rings. The van der Waals surface area contributed by atoms with Crippen LogP contribution in [0.4, 0.5) is 0 Å². The SMILES string of the molecule is Cc1cn(C)c2c1CCOCC2. The van der Waals surface area contributed by atoms with Gasteiger partial charge in [0, 0.05) is 25.4 Å². The smallest absolute Gasteiger partial charge is 0.0521 e. The molecule has 0 atom stereocenters. The van der Waals surface area contributed by atoms with Crippen molar-refractivity contribution in [2.24, 2.45) is 7.05 Å². The molecular formula is C10H15NO. The van der Waals surface area contributed by atoms with Crippen LogP contribution in [0.2, 0.25) is 0 Å². The first-order valence-electron chi connectivity index (χ1n) is 4.50. The molecule has 66 valence electrons. The Balaban J connectivity index is 2.44. The fourth-order valence-corrected chi connectivity index (χ4v) is 2.00. The fraction of sp³-hybridized carbons (Fsp3) is 0.600. The molecule has 1 aromatic rings. The van der Waals surface area contributed by atoms with Crippen LogP contribution < -0.4 is 0 Å². The van der Waals surface area contributed by atoms with Gasteiger partial charge in [-0.1, -0.05) is 0 Å². The largest absolute Gasteiger partial charge is 0.381 e. The third-order valence-corrected chi connectivity index (χ3v) is 2.62. The molecule has 0 aromatic carbocycles. The van der Waals surface area contributed by atoms with Crippen LogP contribution in [0.5, 0.6) is 0 Å². The molecule has 0 bridgehead atoms. The van der Waals surface area contributed by atoms with Crippen LogP contribution in [0.15, 0.2) is 6.20 Å². The summed E-state index contributed by atoms with van der Waals surface area (Å²) in [7, 11) is 2.12. The van der Waals surface area contributed by atoms with E-state index in [1.54, 1.807) is 0 Å². The Morgan fingerprint density at radius 3 is 2.92 bits per heavy atom. The van der Waals surface area contributed by atoms with Gasteiger partial charge in [-0.15, -0.1) is 0 Å². The Bertz CT molecular complexity index is 262. The van der Waals surface area contributed by atoms with Gasteiger partial charge in [-0.3, -0.25) is 0 Å². The number of hydrogen-bond acceptors (Lipinski definition) is 1. The average Bonchev–Trinajstić information content (AvgIpc) is 2.29. The normalized spacial score (nSPS) is 17.2. The first-order valence-corrected chi connectivity index (χ1v) is 4.50. The van der Waals surface area contributed by atoms with Crippen LogP contribution in [-0.2, 0) is 24.6 Å². The lowest BCUT2D eigenvalue weighted by Gasteiger charge is -2.01. The maximum absolute atomic E-state index is 5.43. The number of aromatic nitrogens is 1. The first kappa shape index (κ1) is 7.87. The minimum atomic E-state index is 0.879. The second-order valence-electron chi connectivity index (χ2n) is 3.46. The van der Waals surface area contributed by atoms with Crippen LogP contribution in [0.1, 0.15) is 16.8 Å². The second-order valence-corrected chi connectivity index (χ2v) is 3.46. The van der Waals surface area contributed by atoms with Gasteiger partial charge >= 0.3 is 0 Å². The van der Waals surface area contributed by atoms with Gasteiger partial charge in [0.15, 0.2) is 0 Å². The lowest BCUT2D eigenvalue weighted by molar-refractivity contribution is 0.145. The van der Waals surface area contributed by atoms with Crippen molar-refractivity contribution in [1.29, 1.82) is 0 Å². The summed E-state index contributed by atoms with van der Waals surface area (Å²) in [6.45, 7) is 3.95. The first-order chi connectivity index (χ1) is 5.79. The van der Waals surface area contributed by atoms with E-state index in [1.807, 2.05) is 0 Å². The Hall–Kier alpha value is -0.760. The van der Waals surface area contributed by atoms with Gasteiger partial charge in [-0.05, 0) is 24.5 Å². The van der Waals surface area contributed by atoms with Gasteiger partial charge in [0.1, 0.15) is 0 Å². The highest BCUT2D eigenvalue weighted by Gasteiger charge is 2.13. The molecule has 1 aromatic heterocycles. The summed E-state index contributed by atoms with van der Waals surface area (Å²) in [5.74, 6) is 0. The van der Waals surface area contributed by atoms with Gasteiger partial charge in [-0.2, -0.15) is 0 Å². The number of aryl methyl sites for hydroxylation is 2. The van der Waals surface area contributed by atoms with Crippen molar-refractivity contribution in [2.75, 3.05) is 13.2 Å².